The Labute approximate surface area is 164 Å². The van der Waals surface area contributed by atoms with Gasteiger partial charge in [0.2, 0.25) is 5.95 Å². The third kappa shape index (κ3) is 6.77. The zero-order chi connectivity index (χ0) is 21.8. The van der Waals surface area contributed by atoms with E-state index in [0.29, 0.717) is 31.1 Å². The molecule has 0 saturated heterocycles. The number of hydrogen-bond donors (Lipinski definition) is 2. The van der Waals surface area contributed by atoms with Crippen molar-refractivity contribution in [3.8, 4) is 0 Å². The molecule has 11 heteroatoms. The lowest BCUT2D eigenvalue weighted by molar-refractivity contribution is -0.141. The van der Waals surface area contributed by atoms with Crippen molar-refractivity contribution < 1.29 is 26.3 Å². The molecule has 0 aliphatic carbocycles. The highest BCUT2D eigenvalue weighted by Crippen LogP contribution is 2.34. The van der Waals surface area contributed by atoms with E-state index in [-0.39, 0.29) is 17.5 Å². The van der Waals surface area contributed by atoms with E-state index in [1.807, 2.05) is 19.0 Å². The number of nitrogens with one attached hydrogen (secondary N) is 2. The van der Waals surface area contributed by atoms with Gasteiger partial charge in [0, 0.05) is 18.3 Å². The molecule has 0 aliphatic heterocycles. The van der Waals surface area contributed by atoms with Gasteiger partial charge in [-0.25, -0.2) is 4.98 Å². The van der Waals surface area contributed by atoms with Crippen LogP contribution in [0.15, 0.2) is 24.3 Å². The molecule has 2 rings (SSSR count). The largest absolute Gasteiger partial charge is 0.433 e. The second kappa shape index (κ2) is 8.85. The molecule has 0 saturated carbocycles. The molecule has 0 spiro atoms. The first-order valence-electron chi connectivity index (χ1n) is 8.66. The van der Waals surface area contributed by atoms with Gasteiger partial charge in [-0.05, 0) is 51.7 Å². The summed E-state index contributed by atoms with van der Waals surface area (Å²) in [6.07, 6.45) is -8.67. The molecule has 0 fully saturated rings. The molecule has 0 aliphatic rings. The summed E-state index contributed by atoms with van der Waals surface area (Å²) in [5.41, 5.74) is -1.69. The van der Waals surface area contributed by atoms with Crippen molar-refractivity contribution in [2.75, 3.05) is 37.8 Å². The molecule has 5 nitrogen and oxygen atoms in total. The highest BCUT2D eigenvalue weighted by Gasteiger charge is 2.34. The first kappa shape index (κ1) is 22.7. The predicted molar refractivity (Wildman–Crippen MR) is 98.2 cm³/mol. The fraction of sp³-hybridized carbons (Fsp3) is 0.444. The summed E-state index contributed by atoms with van der Waals surface area (Å²) in [6.45, 7) is 2.58. The molecule has 2 N–H and O–H groups in total. The summed E-state index contributed by atoms with van der Waals surface area (Å²) in [7, 11) is 3.72. The Hall–Kier alpha value is -2.56. The molecule has 0 atom stereocenters. The van der Waals surface area contributed by atoms with Gasteiger partial charge >= 0.3 is 12.4 Å². The summed E-state index contributed by atoms with van der Waals surface area (Å²) in [5.74, 6) is -0.518. The summed E-state index contributed by atoms with van der Waals surface area (Å²) >= 11 is 0. The van der Waals surface area contributed by atoms with E-state index in [2.05, 4.69) is 20.6 Å². The summed E-state index contributed by atoms with van der Waals surface area (Å²) in [4.78, 5) is 9.34. The minimum absolute atomic E-state index is 0.00482. The zero-order valence-corrected chi connectivity index (χ0v) is 16.0. The zero-order valence-electron chi connectivity index (χ0n) is 16.0. The maximum absolute atomic E-state index is 13.2. The number of nitrogens with zero attached hydrogens (tertiary/aromatic N) is 3. The quantitative estimate of drug-likeness (QED) is 0.491. The van der Waals surface area contributed by atoms with E-state index in [0.717, 1.165) is 12.1 Å². The third-order valence-electron chi connectivity index (χ3n) is 3.91. The van der Waals surface area contributed by atoms with Gasteiger partial charge in [-0.2, -0.15) is 31.3 Å². The van der Waals surface area contributed by atoms with Gasteiger partial charge in [-0.15, -0.1) is 0 Å². The fourth-order valence-electron chi connectivity index (χ4n) is 2.40. The lowest BCUT2D eigenvalue weighted by atomic mass is 10.1. The normalized spacial score (nSPS) is 12.3. The van der Waals surface area contributed by atoms with Crippen molar-refractivity contribution in [2.24, 2.45) is 0 Å². The minimum Gasteiger partial charge on any atom is -0.354 e. The fourth-order valence-corrected chi connectivity index (χ4v) is 2.40. The van der Waals surface area contributed by atoms with Crippen LogP contribution in [0.5, 0.6) is 0 Å². The van der Waals surface area contributed by atoms with Crippen molar-refractivity contribution in [1.29, 1.82) is 0 Å². The number of alkyl halides is 6. The average molecular weight is 421 g/mol. The molecule has 0 amide bonds. The van der Waals surface area contributed by atoms with Crippen LogP contribution < -0.4 is 10.6 Å². The molecule has 0 radical (unpaired) electrons. The van der Waals surface area contributed by atoms with Gasteiger partial charge in [-0.3, -0.25) is 0 Å². The monoisotopic (exact) mass is 421 g/mol. The summed E-state index contributed by atoms with van der Waals surface area (Å²) < 4.78 is 78.3. The minimum atomic E-state index is -4.73. The van der Waals surface area contributed by atoms with Crippen LogP contribution in [-0.4, -0.2) is 42.1 Å². The lowest BCUT2D eigenvalue weighted by Gasteiger charge is -2.16. The highest BCUT2D eigenvalue weighted by molar-refractivity contribution is 5.62. The van der Waals surface area contributed by atoms with Gasteiger partial charge in [-0.1, -0.05) is 6.07 Å². The predicted octanol–water partition coefficient (Wildman–Crippen LogP) is 4.93. The van der Waals surface area contributed by atoms with E-state index in [9.17, 15) is 26.3 Å². The summed E-state index contributed by atoms with van der Waals surface area (Å²) in [5, 5.41) is 5.27. The molecular weight excluding hydrogens is 400 g/mol. The summed E-state index contributed by atoms with van der Waals surface area (Å²) in [6, 6.07) is 3.62. The molecule has 160 valence electrons. The third-order valence-corrected chi connectivity index (χ3v) is 3.91. The number of benzene rings is 1. The Kier molecular flexibility index (Phi) is 6.93. The van der Waals surface area contributed by atoms with Crippen molar-refractivity contribution in [3.63, 3.8) is 0 Å². The van der Waals surface area contributed by atoms with Crippen LogP contribution in [0.4, 0.5) is 43.8 Å². The number of halogens is 6. The maximum atomic E-state index is 13.2. The van der Waals surface area contributed by atoms with Crippen LogP contribution >= 0.6 is 0 Å². The molecule has 0 unspecified atom stereocenters. The lowest BCUT2D eigenvalue weighted by Crippen LogP contribution is -2.18. The standard InChI is InChI=1S/C18H21F6N5/c1-11-5-6-12(17(19,20)21)9-13(11)26-15-10-14(18(22,23)24)27-16(28-15)25-7-4-8-29(2)3/h5-6,9-10H,4,7-8H2,1-3H3,(H2,25,26,27,28). The van der Waals surface area contributed by atoms with Crippen LogP contribution in [0.1, 0.15) is 23.2 Å². The maximum Gasteiger partial charge on any atom is 0.433 e. The molecule has 29 heavy (non-hydrogen) atoms. The van der Waals surface area contributed by atoms with Gasteiger partial charge in [0.25, 0.3) is 0 Å². The first-order valence-corrected chi connectivity index (χ1v) is 8.66. The topological polar surface area (TPSA) is 53.1 Å². The highest BCUT2D eigenvalue weighted by atomic mass is 19.4. The second-order valence-corrected chi connectivity index (χ2v) is 6.70. The molecular formula is C18H21F6N5. The Balaban J connectivity index is 2.31. The Bertz CT molecular complexity index is 832. The van der Waals surface area contributed by atoms with E-state index in [1.165, 1.54) is 13.0 Å². The van der Waals surface area contributed by atoms with E-state index in [4.69, 9.17) is 0 Å². The van der Waals surface area contributed by atoms with Crippen molar-refractivity contribution in [1.82, 2.24) is 14.9 Å². The van der Waals surface area contributed by atoms with Crippen LogP contribution in [0, 0.1) is 6.92 Å². The van der Waals surface area contributed by atoms with Crippen molar-refractivity contribution in [3.05, 3.63) is 41.1 Å². The van der Waals surface area contributed by atoms with Gasteiger partial charge in [0.15, 0.2) is 5.69 Å². The van der Waals surface area contributed by atoms with Gasteiger partial charge in [0.05, 0.1) is 5.56 Å². The number of aryl methyl sites for hydroxylation is 1. The van der Waals surface area contributed by atoms with Crippen LogP contribution in [0.3, 0.4) is 0 Å². The first-order chi connectivity index (χ1) is 13.4. The molecule has 1 aromatic heterocycles. The van der Waals surface area contributed by atoms with Gasteiger partial charge in [0.1, 0.15) is 5.82 Å². The van der Waals surface area contributed by atoms with Crippen LogP contribution in [0.2, 0.25) is 0 Å². The molecule has 2 aromatic rings. The number of rotatable bonds is 7. The van der Waals surface area contributed by atoms with Crippen LogP contribution in [-0.2, 0) is 12.4 Å². The second-order valence-electron chi connectivity index (χ2n) is 6.70. The van der Waals surface area contributed by atoms with Gasteiger partial charge < -0.3 is 15.5 Å². The SMILES string of the molecule is Cc1ccc(C(F)(F)F)cc1Nc1cc(C(F)(F)F)nc(NCCCN(C)C)n1. The Morgan fingerprint density at radius 1 is 0.966 bits per heavy atom. The number of hydrogen-bond acceptors (Lipinski definition) is 5. The molecule has 1 aromatic carbocycles. The van der Waals surface area contributed by atoms with E-state index < -0.39 is 23.6 Å². The van der Waals surface area contributed by atoms with Crippen molar-refractivity contribution >= 4 is 17.5 Å². The van der Waals surface area contributed by atoms with E-state index in [1.54, 1.807) is 0 Å². The smallest absolute Gasteiger partial charge is 0.354 e. The van der Waals surface area contributed by atoms with Crippen molar-refractivity contribution in [2.45, 2.75) is 25.7 Å². The Morgan fingerprint density at radius 3 is 2.24 bits per heavy atom. The number of anilines is 3. The average Bonchev–Trinajstić information content (AvgIpc) is 2.58. The number of aromatic nitrogens is 2. The Morgan fingerprint density at radius 2 is 1.66 bits per heavy atom. The molecule has 0 bridgehead atoms. The van der Waals surface area contributed by atoms with E-state index >= 15 is 0 Å². The van der Waals surface area contributed by atoms with Crippen LogP contribution in [0.25, 0.3) is 0 Å². The molecule has 1 heterocycles.